The van der Waals surface area contributed by atoms with Crippen LogP contribution in [0.4, 0.5) is 0 Å². The molecule has 0 fully saturated rings. The zero-order valence-electron chi connectivity index (χ0n) is 4.56. The van der Waals surface area contributed by atoms with Gasteiger partial charge in [0.15, 0.2) is 5.57 Å². The van der Waals surface area contributed by atoms with Gasteiger partial charge in [-0.2, -0.15) is 5.26 Å². The van der Waals surface area contributed by atoms with Gasteiger partial charge in [-0.25, -0.2) is 0 Å². The minimum absolute atomic E-state index is 0.481. The second-order valence-electron chi connectivity index (χ2n) is 1.54. The highest BCUT2D eigenvalue weighted by atomic mass is 35.5. The largest absolute Gasteiger partial charge is 0.206 e. The zero-order chi connectivity index (χ0) is 6.69. The number of nitriles is 1. The fourth-order valence-corrected chi connectivity index (χ4v) is 0.687. The molecule has 0 aromatic carbocycles. The Morgan fingerprint density at radius 2 is 2.44 bits per heavy atom. The molecular formula is C7H3ClN+. The van der Waals surface area contributed by atoms with Crippen molar-refractivity contribution in [2.75, 3.05) is 0 Å². The van der Waals surface area contributed by atoms with Gasteiger partial charge < -0.3 is 0 Å². The third kappa shape index (κ3) is 1.40. The fourth-order valence-electron chi connectivity index (χ4n) is 0.507. The monoisotopic (exact) mass is 136 g/mol. The molecule has 1 aliphatic carbocycles. The van der Waals surface area contributed by atoms with Crippen LogP contribution in [0.15, 0.2) is 28.8 Å². The van der Waals surface area contributed by atoms with Crippen molar-refractivity contribution >= 4 is 11.6 Å². The first-order chi connectivity index (χ1) is 4.33. The lowest BCUT2D eigenvalue weighted by atomic mass is 10.2. The number of nitrogens with zero attached hydrogens (tertiary/aromatic N) is 1. The molecule has 0 spiro atoms. The highest BCUT2D eigenvalue weighted by Gasteiger charge is 2.05. The maximum Gasteiger partial charge on any atom is 0.206 e. The van der Waals surface area contributed by atoms with Crippen molar-refractivity contribution in [1.29, 1.82) is 5.26 Å². The third-order valence-corrected chi connectivity index (χ3v) is 1.11. The van der Waals surface area contributed by atoms with Crippen molar-refractivity contribution in [3.8, 4) is 6.07 Å². The van der Waals surface area contributed by atoms with Crippen LogP contribution in [0.1, 0.15) is 0 Å². The molecule has 2 heteroatoms. The molecule has 1 aliphatic rings. The lowest BCUT2D eigenvalue weighted by Crippen LogP contribution is -1.77. The average Bonchev–Trinajstić information content (AvgIpc) is 1.88. The zero-order valence-corrected chi connectivity index (χ0v) is 5.31. The molecule has 0 aromatic rings. The van der Waals surface area contributed by atoms with Gasteiger partial charge in [-0.15, -0.1) is 0 Å². The van der Waals surface area contributed by atoms with Gasteiger partial charge in [0.05, 0.1) is 18.2 Å². The van der Waals surface area contributed by atoms with Crippen LogP contribution < -0.4 is 0 Å². The molecule has 0 atom stereocenters. The van der Waals surface area contributed by atoms with Gasteiger partial charge in [-0.3, -0.25) is 0 Å². The molecule has 0 aromatic heterocycles. The minimum atomic E-state index is 0.481. The van der Waals surface area contributed by atoms with Crippen molar-refractivity contribution in [3.63, 3.8) is 0 Å². The molecule has 1 nitrogen and oxygen atoms in total. The van der Waals surface area contributed by atoms with E-state index < -0.39 is 0 Å². The maximum absolute atomic E-state index is 8.34. The first-order valence-corrected chi connectivity index (χ1v) is 2.78. The number of halogens is 1. The lowest BCUT2D eigenvalue weighted by Gasteiger charge is -1.81. The van der Waals surface area contributed by atoms with E-state index in [2.05, 4.69) is 6.08 Å². The molecule has 0 radical (unpaired) electrons. The predicted octanol–water partition coefficient (Wildman–Crippen LogP) is 1.93. The number of hydrogen-bond acceptors (Lipinski definition) is 1. The van der Waals surface area contributed by atoms with Gasteiger partial charge in [0.1, 0.15) is 12.1 Å². The van der Waals surface area contributed by atoms with E-state index in [1.54, 1.807) is 18.2 Å². The highest BCUT2D eigenvalue weighted by molar-refractivity contribution is 6.31. The number of allylic oxidation sites excluding steroid dienone is 6. The summed E-state index contributed by atoms with van der Waals surface area (Å²) in [6, 6.07) is 1.96. The summed E-state index contributed by atoms with van der Waals surface area (Å²) < 4.78 is 0. The lowest BCUT2D eigenvalue weighted by molar-refractivity contribution is 1.48. The van der Waals surface area contributed by atoms with E-state index in [-0.39, 0.29) is 0 Å². The molecule has 0 saturated heterocycles. The molecule has 0 saturated carbocycles. The highest BCUT2D eigenvalue weighted by Crippen LogP contribution is 2.11. The summed E-state index contributed by atoms with van der Waals surface area (Å²) in [6.07, 6.45) is 7.58. The molecule has 42 valence electrons. The van der Waals surface area contributed by atoms with Crippen molar-refractivity contribution in [3.05, 3.63) is 34.9 Å². The standard InChI is InChI=1S/C7H3ClN/c8-7-3-1-2-6(4-7)5-9/h1-2,4H/q+1. The normalized spacial score (nSPS) is 15.1. The smallest absolute Gasteiger partial charge is 0.190 e. The second-order valence-corrected chi connectivity index (χ2v) is 1.94. The summed E-state index contributed by atoms with van der Waals surface area (Å²) in [5.41, 5.74) is 0.568. The Balaban J connectivity index is 2.95. The Hall–Kier alpha value is -1.09. The SMILES string of the molecule is N#CC1=CC(Cl)=[C+]C=C1. The van der Waals surface area contributed by atoms with Crippen LogP contribution in [0.2, 0.25) is 0 Å². The Labute approximate surface area is 58.6 Å². The summed E-state index contributed by atoms with van der Waals surface area (Å²) in [5, 5.41) is 8.82. The maximum atomic E-state index is 8.34. The Morgan fingerprint density at radius 3 is 2.89 bits per heavy atom. The van der Waals surface area contributed by atoms with Crippen molar-refractivity contribution in [2.45, 2.75) is 0 Å². The van der Waals surface area contributed by atoms with E-state index in [0.717, 1.165) is 0 Å². The van der Waals surface area contributed by atoms with Crippen molar-refractivity contribution < 1.29 is 0 Å². The van der Waals surface area contributed by atoms with Crippen LogP contribution in [0.5, 0.6) is 0 Å². The minimum Gasteiger partial charge on any atom is -0.190 e. The van der Waals surface area contributed by atoms with Crippen LogP contribution >= 0.6 is 11.6 Å². The van der Waals surface area contributed by atoms with E-state index in [9.17, 15) is 0 Å². The van der Waals surface area contributed by atoms with E-state index in [1.807, 2.05) is 6.07 Å². The van der Waals surface area contributed by atoms with Crippen LogP contribution in [-0.2, 0) is 0 Å². The average molecular weight is 137 g/mol. The van der Waals surface area contributed by atoms with E-state index in [0.29, 0.717) is 10.6 Å². The molecule has 0 heterocycles. The molecular weight excluding hydrogens is 134 g/mol. The van der Waals surface area contributed by atoms with Crippen molar-refractivity contribution in [2.24, 2.45) is 0 Å². The molecule has 0 amide bonds. The molecule has 1 rings (SSSR count). The summed E-state index contributed by atoms with van der Waals surface area (Å²) in [6.45, 7) is 0. The third-order valence-electron chi connectivity index (χ3n) is 0.895. The fraction of sp³-hybridized carbons (Fsp3) is 0. The molecule has 0 aliphatic heterocycles. The quantitative estimate of drug-likeness (QED) is 0.467. The Morgan fingerprint density at radius 1 is 1.67 bits per heavy atom. The summed E-state index contributed by atoms with van der Waals surface area (Å²) >= 11 is 5.52. The van der Waals surface area contributed by atoms with Gasteiger partial charge in [-0.1, -0.05) is 0 Å². The van der Waals surface area contributed by atoms with E-state index in [4.69, 9.17) is 16.9 Å². The predicted molar refractivity (Wildman–Crippen MR) is 35.4 cm³/mol. The van der Waals surface area contributed by atoms with Crippen LogP contribution in [0, 0.1) is 17.4 Å². The van der Waals surface area contributed by atoms with E-state index >= 15 is 0 Å². The molecule has 9 heavy (non-hydrogen) atoms. The summed E-state index contributed by atoms with van der Waals surface area (Å²) in [4.78, 5) is 0. The van der Waals surface area contributed by atoms with Gasteiger partial charge in [0.25, 0.3) is 0 Å². The van der Waals surface area contributed by atoms with Crippen LogP contribution in [0.3, 0.4) is 0 Å². The van der Waals surface area contributed by atoms with Gasteiger partial charge in [0.2, 0.25) is 5.03 Å². The Kier molecular flexibility index (Phi) is 1.65. The van der Waals surface area contributed by atoms with Gasteiger partial charge in [-0.05, 0) is 11.6 Å². The Bertz CT molecular complexity index is 240. The molecule has 0 unspecified atom stereocenters. The van der Waals surface area contributed by atoms with Crippen molar-refractivity contribution in [1.82, 2.24) is 0 Å². The topological polar surface area (TPSA) is 23.8 Å². The first kappa shape index (κ1) is 6.04. The first-order valence-electron chi connectivity index (χ1n) is 2.40. The summed E-state index contributed by atoms with van der Waals surface area (Å²) in [7, 11) is 0. The number of hydrogen-bond donors (Lipinski definition) is 0. The molecule has 0 N–H and O–H groups in total. The van der Waals surface area contributed by atoms with Gasteiger partial charge in [0, 0.05) is 0 Å². The number of rotatable bonds is 0. The van der Waals surface area contributed by atoms with Crippen LogP contribution in [-0.4, -0.2) is 0 Å². The van der Waals surface area contributed by atoms with Crippen LogP contribution in [0.25, 0.3) is 0 Å². The molecule has 0 bridgehead atoms. The van der Waals surface area contributed by atoms with E-state index in [1.165, 1.54) is 0 Å². The van der Waals surface area contributed by atoms with Gasteiger partial charge >= 0.3 is 0 Å². The second kappa shape index (κ2) is 2.46. The summed E-state index contributed by atoms with van der Waals surface area (Å²) in [5.74, 6) is 0.